The molecular weight excluding hydrogens is 216 g/mol. The monoisotopic (exact) mass is 234 g/mol. The molecule has 1 aromatic rings. The molecule has 92 valence electrons. The minimum absolute atomic E-state index is 0.0189. The van der Waals surface area contributed by atoms with Crippen molar-refractivity contribution < 1.29 is 9.90 Å². The first-order chi connectivity index (χ1) is 8.22. The Morgan fingerprint density at radius 2 is 2.12 bits per heavy atom. The van der Waals surface area contributed by atoms with Crippen LogP contribution in [0.2, 0.25) is 0 Å². The van der Waals surface area contributed by atoms with Crippen LogP contribution in [0.5, 0.6) is 0 Å². The number of hydrogen-bond donors (Lipinski definition) is 2. The van der Waals surface area contributed by atoms with E-state index in [9.17, 15) is 9.90 Å². The van der Waals surface area contributed by atoms with E-state index in [2.05, 4.69) is 0 Å². The van der Waals surface area contributed by atoms with Gasteiger partial charge < -0.3 is 15.7 Å². The number of aliphatic hydroxyl groups is 1. The van der Waals surface area contributed by atoms with Crippen molar-refractivity contribution in [3.63, 3.8) is 0 Å². The number of nitrogens with two attached hydrogens (primary N) is 1. The lowest BCUT2D eigenvalue weighted by atomic mass is 10.00. The van der Waals surface area contributed by atoms with E-state index in [0.717, 1.165) is 12.0 Å². The fourth-order valence-corrected chi connectivity index (χ4v) is 2.26. The molecule has 1 fully saturated rings. The minimum Gasteiger partial charge on any atom is -0.394 e. The van der Waals surface area contributed by atoms with E-state index in [1.165, 1.54) is 0 Å². The molecule has 0 aliphatic carbocycles. The number of piperidine rings is 1. The first-order valence-corrected chi connectivity index (χ1v) is 5.93. The SMILES string of the molecule is N[C@@H]1CCC(=O)N([C@@H](CO)c2ccccc2)C1. The largest absolute Gasteiger partial charge is 0.394 e. The third-order valence-corrected chi connectivity index (χ3v) is 3.21. The van der Waals surface area contributed by atoms with E-state index in [1.54, 1.807) is 4.90 Å². The number of amides is 1. The van der Waals surface area contributed by atoms with Gasteiger partial charge >= 0.3 is 0 Å². The fraction of sp³-hybridized carbons (Fsp3) is 0.462. The summed E-state index contributed by atoms with van der Waals surface area (Å²) in [5.74, 6) is 0.0783. The van der Waals surface area contributed by atoms with Gasteiger partial charge in [-0.25, -0.2) is 0 Å². The van der Waals surface area contributed by atoms with Crippen molar-refractivity contribution in [3.05, 3.63) is 35.9 Å². The van der Waals surface area contributed by atoms with E-state index >= 15 is 0 Å². The zero-order chi connectivity index (χ0) is 12.3. The van der Waals surface area contributed by atoms with Gasteiger partial charge in [-0.05, 0) is 12.0 Å². The highest BCUT2D eigenvalue weighted by molar-refractivity contribution is 5.77. The van der Waals surface area contributed by atoms with E-state index < -0.39 is 0 Å². The lowest BCUT2D eigenvalue weighted by molar-refractivity contribution is -0.137. The molecule has 2 rings (SSSR count). The summed E-state index contributed by atoms with van der Waals surface area (Å²) in [5, 5.41) is 9.50. The molecule has 1 amide bonds. The van der Waals surface area contributed by atoms with Crippen LogP contribution in [0.4, 0.5) is 0 Å². The van der Waals surface area contributed by atoms with Crippen molar-refractivity contribution >= 4 is 5.91 Å². The molecule has 2 atom stereocenters. The summed E-state index contributed by atoms with van der Waals surface area (Å²) in [6.45, 7) is 0.460. The molecule has 0 unspecified atom stereocenters. The van der Waals surface area contributed by atoms with Crippen molar-refractivity contribution in [2.24, 2.45) is 5.73 Å². The number of nitrogens with zero attached hydrogens (tertiary/aromatic N) is 1. The van der Waals surface area contributed by atoms with Crippen LogP contribution in [0.15, 0.2) is 30.3 Å². The van der Waals surface area contributed by atoms with Crippen LogP contribution in [0.1, 0.15) is 24.4 Å². The second-order valence-electron chi connectivity index (χ2n) is 4.45. The van der Waals surface area contributed by atoms with Crippen LogP contribution in [-0.2, 0) is 4.79 Å². The molecule has 1 aliphatic rings. The first-order valence-electron chi connectivity index (χ1n) is 5.93. The molecule has 0 radical (unpaired) electrons. The van der Waals surface area contributed by atoms with Gasteiger partial charge in [0.25, 0.3) is 0 Å². The second-order valence-corrected chi connectivity index (χ2v) is 4.45. The number of rotatable bonds is 3. The predicted molar refractivity (Wildman–Crippen MR) is 65.2 cm³/mol. The summed E-state index contributed by atoms with van der Waals surface area (Å²) >= 11 is 0. The molecule has 1 aromatic carbocycles. The molecule has 0 aromatic heterocycles. The molecule has 1 aliphatic heterocycles. The van der Waals surface area contributed by atoms with Crippen molar-refractivity contribution in [1.82, 2.24) is 4.90 Å². The lowest BCUT2D eigenvalue weighted by Gasteiger charge is -2.36. The maximum Gasteiger partial charge on any atom is 0.223 e. The average molecular weight is 234 g/mol. The van der Waals surface area contributed by atoms with Crippen LogP contribution in [0, 0.1) is 0 Å². The van der Waals surface area contributed by atoms with Gasteiger partial charge in [0.1, 0.15) is 0 Å². The third kappa shape index (κ3) is 2.65. The maximum absolute atomic E-state index is 11.9. The quantitative estimate of drug-likeness (QED) is 0.807. The van der Waals surface area contributed by atoms with E-state index in [4.69, 9.17) is 5.73 Å². The van der Waals surface area contributed by atoms with Gasteiger partial charge in [0.15, 0.2) is 0 Å². The van der Waals surface area contributed by atoms with Gasteiger partial charge in [0.2, 0.25) is 5.91 Å². The van der Waals surface area contributed by atoms with Gasteiger partial charge in [-0.1, -0.05) is 30.3 Å². The van der Waals surface area contributed by atoms with Crippen LogP contribution < -0.4 is 5.73 Å². The molecule has 0 saturated carbocycles. The lowest BCUT2D eigenvalue weighted by Crippen LogP contribution is -2.48. The summed E-state index contributed by atoms with van der Waals surface area (Å²) in [6.07, 6.45) is 1.22. The first kappa shape index (κ1) is 12.1. The second kappa shape index (κ2) is 5.29. The smallest absolute Gasteiger partial charge is 0.223 e. The zero-order valence-electron chi connectivity index (χ0n) is 9.75. The van der Waals surface area contributed by atoms with Crippen molar-refractivity contribution in [1.29, 1.82) is 0 Å². The van der Waals surface area contributed by atoms with Crippen LogP contribution in [0.25, 0.3) is 0 Å². The number of hydrogen-bond acceptors (Lipinski definition) is 3. The van der Waals surface area contributed by atoms with Crippen LogP contribution in [-0.4, -0.2) is 35.1 Å². The number of aliphatic hydroxyl groups excluding tert-OH is 1. The predicted octanol–water partition coefficient (Wildman–Crippen LogP) is 0.670. The molecular formula is C13H18N2O2. The number of carbonyl (C=O) groups excluding carboxylic acids is 1. The van der Waals surface area contributed by atoms with Crippen molar-refractivity contribution in [3.8, 4) is 0 Å². The Labute approximate surface area is 101 Å². The Hall–Kier alpha value is -1.39. The number of benzene rings is 1. The summed E-state index contributed by atoms with van der Waals surface area (Å²) in [5.41, 5.74) is 6.84. The van der Waals surface area contributed by atoms with Gasteiger partial charge in [-0.3, -0.25) is 4.79 Å². The Morgan fingerprint density at radius 1 is 1.41 bits per heavy atom. The van der Waals surface area contributed by atoms with Crippen LogP contribution in [0.3, 0.4) is 0 Å². The maximum atomic E-state index is 11.9. The number of likely N-dealkylation sites (tertiary alicyclic amines) is 1. The standard InChI is InChI=1S/C13H18N2O2/c14-11-6-7-13(17)15(8-11)12(9-16)10-4-2-1-3-5-10/h1-5,11-12,16H,6-9,14H2/t11-,12+/m1/s1. The van der Waals surface area contributed by atoms with E-state index in [1.807, 2.05) is 30.3 Å². The highest BCUT2D eigenvalue weighted by Gasteiger charge is 2.29. The molecule has 0 spiro atoms. The normalized spacial score (nSPS) is 22.6. The molecule has 4 heteroatoms. The minimum atomic E-state index is -0.268. The van der Waals surface area contributed by atoms with Gasteiger partial charge in [-0.2, -0.15) is 0 Å². The molecule has 0 bridgehead atoms. The molecule has 3 N–H and O–H groups in total. The Morgan fingerprint density at radius 3 is 2.76 bits per heavy atom. The summed E-state index contributed by atoms with van der Waals surface area (Å²) in [7, 11) is 0. The molecule has 1 saturated heterocycles. The van der Waals surface area contributed by atoms with Gasteiger partial charge in [-0.15, -0.1) is 0 Å². The summed E-state index contributed by atoms with van der Waals surface area (Å²) in [4.78, 5) is 13.6. The molecule has 17 heavy (non-hydrogen) atoms. The summed E-state index contributed by atoms with van der Waals surface area (Å²) < 4.78 is 0. The zero-order valence-corrected chi connectivity index (χ0v) is 9.75. The Bertz CT molecular complexity index is 380. The third-order valence-electron chi connectivity index (χ3n) is 3.21. The van der Waals surface area contributed by atoms with Crippen molar-refractivity contribution in [2.75, 3.05) is 13.2 Å². The number of carbonyl (C=O) groups is 1. The van der Waals surface area contributed by atoms with E-state index in [-0.39, 0.29) is 24.6 Å². The van der Waals surface area contributed by atoms with E-state index in [0.29, 0.717) is 13.0 Å². The highest BCUT2D eigenvalue weighted by Crippen LogP contribution is 2.24. The fourth-order valence-electron chi connectivity index (χ4n) is 2.26. The van der Waals surface area contributed by atoms with Crippen LogP contribution >= 0.6 is 0 Å². The Kier molecular flexibility index (Phi) is 3.76. The Balaban J connectivity index is 2.20. The average Bonchev–Trinajstić information content (AvgIpc) is 2.36. The topological polar surface area (TPSA) is 66.6 Å². The highest BCUT2D eigenvalue weighted by atomic mass is 16.3. The van der Waals surface area contributed by atoms with Gasteiger partial charge in [0, 0.05) is 19.0 Å². The summed E-state index contributed by atoms with van der Waals surface area (Å²) in [6, 6.07) is 9.34. The molecule has 1 heterocycles. The van der Waals surface area contributed by atoms with Crippen molar-refractivity contribution in [2.45, 2.75) is 24.9 Å². The van der Waals surface area contributed by atoms with Gasteiger partial charge in [0.05, 0.1) is 12.6 Å². The molecule has 4 nitrogen and oxygen atoms in total.